The minimum atomic E-state index is -0.205. The van der Waals surface area contributed by atoms with Crippen LogP contribution in [0.5, 0.6) is 0 Å². The molecule has 4 heteroatoms. The Hall–Kier alpha value is -0.610. The number of ether oxygens (including phenoxy) is 1. The quantitative estimate of drug-likeness (QED) is 0.738. The van der Waals surface area contributed by atoms with Crippen molar-refractivity contribution in [3.05, 3.63) is 0 Å². The van der Waals surface area contributed by atoms with Crippen LogP contribution in [0.15, 0.2) is 0 Å². The van der Waals surface area contributed by atoms with Crippen LogP contribution in [0, 0.1) is 0 Å². The van der Waals surface area contributed by atoms with Crippen LogP contribution in [0.2, 0.25) is 0 Å². The summed E-state index contributed by atoms with van der Waals surface area (Å²) in [4.78, 5) is 14.0. The molecule has 1 saturated heterocycles. The number of nitrogens with zero attached hydrogens (tertiary/aromatic N) is 1. The molecule has 1 aliphatic heterocycles. The van der Waals surface area contributed by atoms with Crippen molar-refractivity contribution in [3.8, 4) is 0 Å². The molecule has 0 bridgehead atoms. The van der Waals surface area contributed by atoms with Gasteiger partial charge in [-0.05, 0) is 32.9 Å². The molecule has 1 rings (SSSR count). The monoisotopic (exact) mass is 228 g/mol. The van der Waals surface area contributed by atoms with Crippen LogP contribution < -0.4 is 5.32 Å². The van der Waals surface area contributed by atoms with Gasteiger partial charge in [-0.1, -0.05) is 13.8 Å². The van der Waals surface area contributed by atoms with E-state index in [4.69, 9.17) is 4.74 Å². The van der Waals surface area contributed by atoms with Crippen LogP contribution in [-0.4, -0.2) is 49.2 Å². The van der Waals surface area contributed by atoms with Gasteiger partial charge < -0.3 is 10.1 Å². The van der Waals surface area contributed by atoms with E-state index in [0.29, 0.717) is 12.6 Å². The molecule has 1 amide bonds. The van der Waals surface area contributed by atoms with Crippen molar-refractivity contribution < 1.29 is 9.53 Å². The smallest absolute Gasteiger partial charge is 0.249 e. The minimum Gasteiger partial charge on any atom is -0.368 e. The Labute approximate surface area is 98.3 Å². The number of rotatable bonds is 6. The Morgan fingerprint density at radius 1 is 1.50 bits per heavy atom. The summed E-state index contributed by atoms with van der Waals surface area (Å²) in [6.45, 7) is 9.90. The van der Waals surface area contributed by atoms with Crippen molar-refractivity contribution in [2.45, 2.75) is 45.8 Å². The molecule has 0 saturated carbocycles. The van der Waals surface area contributed by atoms with E-state index in [9.17, 15) is 4.79 Å². The largest absolute Gasteiger partial charge is 0.368 e. The summed E-state index contributed by atoms with van der Waals surface area (Å²) in [5, 5.41) is 2.97. The van der Waals surface area contributed by atoms with Crippen LogP contribution in [0.25, 0.3) is 0 Å². The van der Waals surface area contributed by atoms with Gasteiger partial charge in [0.05, 0.1) is 0 Å². The van der Waals surface area contributed by atoms with Gasteiger partial charge in [-0.25, -0.2) is 0 Å². The third-order valence-electron chi connectivity index (χ3n) is 3.23. The Bertz CT molecular complexity index is 211. The highest BCUT2D eigenvalue weighted by molar-refractivity contribution is 5.80. The molecule has 2 unspecified atom stereocenters. The summed E-state index contributed by atoms with van der Waals surface area (Å²) in [6.07, 6.45) is 1.67. The molecule has 1 N–H and O–H groups in total. The first-order chi connectivity index (χ1) is 7.69. The molecular formula is C12H24N2O2. The zero-order chi connectivity index (χ0) is 12.0. The van der Waals surface area contributed by atoms with Crippen LogP contribution in [0.3, 0.4) is 0 Å². The highest BCUT2D eigenvalue weighted by atomic mass is 16.5. The molecule has 1 heterocycles. The van der Waals surface area contributed by atoms with Gasteiger partial charge in [0.25, 0.3) is 0 Å². The van der Waals surface area contributed by atoms with E-state index < -0.39 is 0 Å². The predicted octanol–water partition coefficient (Wildman–Crippen LogP) is 1.01. The second-order valence-electron chi connectivity index (χ2n) is 4.32. The lowest BCUT2D eigenvalue weighted by molar-refractivity contribution is -0.130. The fourth-order valence-electron chi connectivity index (χ4n) is 2.12. The van der Waals surface area contributed by atoms with Crippen LogP contribution in [-0.2, 0) is 9.53 Å². The molecule has 2 atom stereocenters. The van der Waals surface area contributed by atoms with Crippen molar-refractivity contribution in [1.29, 1.82) is 0 Å². The van der Waals surface area contributed by atoms with Gasteiger partial charge in [0.2, 0.25) is 5.91 Å². The Morgan fingerprint density at radius 3 is 2.69 bits per heavy atom. The number of nitrogens with one attached hydrogen (secondary N) is 1. The van der Waals surface area contributed by atoms with E-state index in [1.807, 2.05) is 0 Å². The third kappa shape index (κ3) is 3.76. The molecule has 0 aromatic carbocycles. The average molecular weight is 228 g/mol. The molecule has 0 spiro atoms. The van der Waals surface area contributed by atoms with E-state index >= 15 is 0 Å². The average Bonchev–Trinajstić information content (AvgIpc) is 2.81. The number of hydrogen-bond donors (Lipinski definition) is 1. The van der Waals surface area contributed by atoms with E-state index in [-0.39, 0.29) is 12.0 Å². The van der Waals surface area contributed by atoms with E-state index in [1.165, 1.54) is 0 Å². The van der Waals surface area contributed by atoms with Gasteiger partial charge in [0.1, 0.15) is 6.10 Å². The fraction of sp³-hybridized carbons (Fsp3) is 0.917. The number of carbonyl (C=O) groups excluding carboxylic acids is 1. The van der Waals surface area contributed by atoms with E-state index in [1.54, 1.807) is 0 Å². The summed E-state index contributed by atoms with van der Waals surface area (Å²) in [5.41, 5.74) is 0. The van der Waals surface area contributed by atoms with Gasteiger partial charge in [0.15, 0.2) is 0 Å². The molecule has 16 heavy (non-hydrogen) atoms. The number of likely N-dealkylation sites (N-methyl/N-ethyl adjacent to an activating group) is 1. The number of carbonyl (C=O) groups is 1. The van der Waals surface area contributed by atoms with Crippen molar-refractivity contribution in [2.24, 2.45) is 0 Å². The lowest BCUT2D eigenvalue weighted by Crippen LogP contribution is -2.44. The molecular weight excluding hydrogens is 204 g/mol. The summed E-state index contributed by atoms with van der Waals surface area (Å²) >= 11 is 0. The Balaban J connectivity index is 2.24. The predicted molar refractivity (Wildman–Crippen MR) is 64.4 cm³/mol. The van der Waals surface area contributed by atoms with Gasteiger partial charge in [-0.3, -0.25) is 9.69 Å². The Morgan fingerprint density at radius 2 is 2.19 bits per heavy atom. The second kappa shape index (κ2) is 6.86. The first-order valence-corrected chi connectivity index (χ1v) is 6.32. The highest BCUT2D eigenvalue weighted by Gasteiger charge is 2.23. The summed E-state index contributed by atoms with van der Waals surface area (Å²) in [5.74, 6) is 0.0523. The lowest BCUT2D eigenvalue weighted by Gasteiger charge is -2.26. The lowest BCUT2D eigenvalue weighted by atomic mass is 10.2. The molecule has 0 aliphatic carbocycles. The van der Waals surface area contributed by atoms with Crippen LogP contribution in [0.1, 0.15) is 33.6 Å². The topological polar surface area (TPSA) is 41.6 Å². The summed E-state index contributed by atoms with van der Waals surface area (Å²) in [7, 11) is 0. The molecule has 1 fully saturated rings. The van der Waals surface area contributed by atoms with E-state index in [0.717, 1.165) is 32.5 Å². The zero-order valence-corrected chi connectivity index (χ0v) is 10.7. The standard InChI is InChI=1S/C12H24N2O2/c1-4-14(5-2)10(3)9-13-12(15)11-7-6-8-16-11/h10-11H,4-9H2,1-3H3,(H,13,15). The second-order valence-corrected chi connectivity index (χ2v) is 4.32. The summed E-state index contributed by atoms with van der Waals surface area (Å²) < 4.78 is 5.33. The van der Waals surface area contributed by atoms with Crippen molar-refractivity contribution in [1.82, 2.24) is 10.2 Å². The first kappa shape index (κ1) is 13.5. The van der Waals surface area contributed by atoms with Gasteiger partial charge in [-0.15, -0.1) is 0 Å². The third-order valence-corrected chi connectivity index (χ3v) is 3.23. The highest BCUT2D eigenvalue weighted by Crippen LogP contribution is 2.11. The van der Waals surface area contributed by atoms with Crippen LogP contribution in [0.4, 0.5) is 0 Å². The molecule has 0 radical (unpaired) electrons. The minimum absolute atomic E-state index is 0.0523. The maximum Gasteiger partial charge on any atom is 0.249 e. The van der Waals surface area contributed by atoms with Crippen molar-refractivity contribution in [3.63, 3.8) is 0 Å². The summed E-state index contributed by atoms with van der Waals surface area (Å²) in [6, 6.07) is 0.389. The van der Waals surface area contributed by atoms with Gasteiger partial charge >= 0.3 is 0 Å². The van der Waals surface area contributed by atoms with E-state index in [2.05, 4.69) is 31.0 Å². The molecule has 0 aromatic heterocycles. The molecule has 94 valence electrons. The normalized spacial score (nSPS) is 22.4. The zero-order valence-electron chi connectivity index (χ0n) is 10.7. The van der Waals surface area contributed by atoms with Gasteiger partial charge in [-0.2, -0.15) is 0 Å². The molecule has 0 aromatic rings. The Kier molecular flexibility index (Phi) is 5.77. The fourth-order valence-corrected chi connectivity index (χ4v) is 2.12. The number of hydrogen-bond acceptors (Lipinski definition) is 3. The maximum absolute atomic E-state index is 11.7. The molecule has 4 nitrogen and oxygen atoms in total. The SMILES string of the molecule is CCN(CC)C(C)CNC(=O)C1CCCO1. The van der Waals surface area contributed by atoms with Crippen molar-refractivity contribution >= 4 is 5.91 Å². The maximum atomic E-state index is 11.7. The molecule has 1 aliphatic rings. The van der Waals surface area contributed by atoms with Crippen molar-refractivity contribution in [2.75, 3.05) is 26.2 Å². The van der Waals surface area contributed by atoms with Gasteiger partial charge in [0, 0.05) is 19.2 Å². The van der Waals surface area contributed by atoms with Crippen LogP contribution >= 0.6 is 0 Å². The number of amides is 1. The first-order valence-electron chi connectivity index (χ1n) is 6.32.